The molecule has 0 fully saturated rings. The van der Waals surface area contributed by atoms with Gasteiger partial charge < -0.3 is 11.1 Å². The highest BCUT2D eigenvalue weighted by molar-refractivity contribution is 8.14. The normalized spacial score (nSPS) is 19.1. The molecule has 7 nitrogen and oxygen atoms in total. The molecule has 1 aliphatic rings. The van der Waals surface area contributed by atoms with Crippen molar-refractivity contribution in [1.82, 2.24) is 15.0 Å². The van der Waals surface area contributed by atoms with Crippen LogP contribution in [0.1, 0.15) is 36.5 Å². The first kappa shape index (κ1) is 21.6. The molecule has 3 rings (SSSR count). The average Bonchev–Trinajstić information content (AvgIpc) is 2.61. The van der Waals surface area contributed by atoms with Gasteiger partial charge in [-0.25, -0.2) is 9.97 Å². The largest absolute Gasteiger partial charge is 0.434 e. The fraction of sp³-hybridized carbons (Fsp3) is 0.353. The standard InChI is InChI=1S/C11H7F3N4O.C6H12N2S/c12-11(13,14)9-6-16-8(5-17-9)10(19)18-7-1-3-15-4-2-7;1-4-3-5(2)9-6(7)8-4/h1-6H,(H,15,18,19);4-5H,3H2,1-2H3,(H2,7,8). The van der Waals surface area contributed by atoms with E-state index in [1.54, 1.807) is 11.8 Å². The fourth-order valence-corrected chi connectivity index (χ4v) is 3.28. The molecule has 0 aliphatic carbocycles. The molecule has 1 amide bonds. The van der Waals surface area contributed by atoms with Gasteiger partial charge in [0.05, 0.1) is 18.4 Å². The Morgan fingerprint density at radius 3 is 2.39 bits per heavy atom. The Bertz CT molecular complexity index is 814. The highest BCUT2D eigenvalue weighted by Gasteiger charge is 2.33. The van der Waals surface area contributed by atoms with E-state index in [2.05, 4.69) is 39.1 Å². The smallest absolute Gasteiger partial charge is 0.379 e. The van der Waals surface area contributed by atoms with Crippen molar-refractivity contribution in [3.63, 3.8) is 0 Å². The van der Waals surface area contributed by atoms with E-state index >= 15 is 0 Å². The van der Waals surface area contributed by atoms with Crippen LogP contribution in [0.2, 0.25) is 0 Å². The molecule has 11 heteroatoms. The summed E-state index contributed by atoms with van der Waals surface area (Å²) in [5, 5.41) is 3.86. The number of rotatable bonds is 2. The van der Waals surface area contributed by atoms with E-state index in [0.717, 1.165) is 17.8 Å². The van der Waals surface area contributed by atoms with Gasteiger partial charge in [0.25, 0.3) is 5.91 Å². The fourth-order valence-electron chi connectivity index (χ4n) is 2.26. The van der Waals surface area contributed by atoms with E-state index in [4.69, 9.17) is 5.73 Å². The van der Waals surface area contributed by atoms with Crippen LogP contribution in [-0.4, -0.2) is 37.3 Å². The van der Waals surface area contributed by atoms with Crippen molar-refractivity contribution >= 4 is 28.5 Å². The predicted molar refractivity (Wildman–Crippen MR) is 102 cm³/mol. The number of pyridine rings is 1. The number of hydrogen-bond donors (Lipinski definition) is 2. The number of nitrogens with zero attached hydrogens (tertiary/aromatic N) is 4. The molecule has 1 aliphatic heterocycles. The van der Waals surface area contributed by atoms with Crippen LogP contribution in [0.25, 0.3) is 0 Å². The van der Waals surface area contributed by atoms with E-state index in [1.165, 1.54) is 24.5 Å². The maximum absolute atomic E-state index is 12.3. The molecule has 28 heavy (non-hydrogen) atoms. The molecule has 3 N–H and O–H groups in total. The molecular formula is C17H19F3N6OS. The average molecular weight is 412 g/mol. The van der Waals surface area contributed by atoms with Gasteiger partial charge in [-0.2, -0.15) is 13.2 Å². The lowest BCUT2D eigenvalue weighted by Gasteiger charge is -2.19. The zero-order chi connectivity index (χ0) is 20.7. The third-order valence-electron chi connectivity index (χ3n) is 3.46. The molecule has 0 bridgehead atoms. The summed E-state index contributed by atoms with van der Waals surface area (Å²) >= 11 is 1.67. The van der Waals surface area contributed by atoms with Crippen LogP contribution >= 0.6 is 11.8 Å². The van der Waals surface area contributed by atoms with Crippen LogP contribution in [0.5, 0.6) is 0 Å². The molecule has 2 aromatic rings. The number of hydrogen-bond acceptors (Lipinski definition) is 7. The molecule has 2 unspecified atom stereocenters. The third kappa shape index (κ3) is 6.80. The summed E-state index contributed by atoms with van der Waals surface area (Å²) in [6.07, 6.45) is 0.807. The topological polar surface area (TPSA) is 106 Å². The van der Waals surface area contributed by atoms with Crippen LogP contribution < -0.4 is 11.1 Å². The number of anilines is 1. The molecular weight excluding hydrogens is 393 g/mol. The Labute approximate surface area is 164 Å². The molecule has 0 spiro atoms. The number of thioether (sulfide) groups is 1. The minimum absolute atomic E-state index is 0.204. The van der Waals surface area contributed by atoms with Crippen LogP contribution in [0, 0.1) is 0 Å². The van der Waals surface area contributed by atoms with Gasteiger partial charge in [0.2, 0.25) is 0 Å². The monoisotopic (exact) mass is 412 g/mol. The number of amides is 1. The second-order valence-corrected chi connectivity index (χ2v) is 7.41. The van der Waals surface area contributed by atoms with Gasteiger partial charge in [0, 0.05) is 23.3 Å². The number of alkyl halides is 3. The van der Waals surface area contributed by atoms with Crippen molar-refractivity contribution in [2.24, 2.45) is 10.7 Å². The zero-order valence-electron chi connectivity index (χ0n) is 15.1. The van der Waals surface area contributed by atoms with Gasteiger partial charge >= 0.3 is 6.18 Å². The molecule has 2 aromatic heterocycles. The van der Waals surface area contributed by atoms with Gasteiger partial charge in [-0.15, -0.1) is 0 Å². The maximum atomic E-state index is 12.3. The number of carbonyl (C=O) groups excluding carboxylic acids is 1. The maximum Gasteiger partial charge on any atom is 0.434 e. The number of aromatic nitrogens is 3. The van der Waals surface area contributed by atoms with Crippen LogP contribution in [-0.2, 0) is 6.18 Å². The second kappa shape index (κ2) is 9.49. The lowest BCUT2D eigenvalue weighted by atomic mass is 10.2. The third-order valence-corrected chi connectivity index (χ3v) is 4.40. The van der Waals surface area contributed by atoms with Crippen LogP contribution in [0.3, 0.4) is 0 Å². The Hall–Kier alpha value is -2.69. The lowest BCUT2D eigenvalue weighted by molar-refractivity contribution is -0.141. The van der Waals surface area contributed by atoms with Crippen molar-refractivity contribution in [3.8, 4) is 0 Å². The zero-order valence-corrected chi connectivity index (χ0v) is 16.0. The molecule has 2 atom stereocenters. The first-order valence-corrected chi connectivity index (χ1v) is 9.13. The van der Waals surface area contributed by atoms with Gasteiger partial charge in [0.15, 0.2) is 10.9 Å². The number of aliphatic imine (C=N–C) groups is 1. The van der Waals surface area contributed by atoms with Gasteiger partial charge in [-0.3, -0.25) is 14.8 Å². The van der Waals surface area contributed by atoms with Crippen LogP contribution in [0.4, 0.5) is 18.9 Å². The van der Waals surface area contributed by atoms with Crippen LogP contribution in [0.15, 0.2) is 41.9 Å². The quantitative estimate of drug-likeness (QED) is 0.784. The van der Waals surface area contributed by atoms with Gasteiger partial charge in [0.1, 0.15) is 5.69 Å². The summed E-state index contributed by atoms with van der Waals surface area (Å²) in [6, 6.07) is 3.51. The summed E-state index contributed by atoms with van der Waals surface area (Å²) in [7, 11) is 0. The van der Waals surface area contributed by atoms with E-state index in [9.17, 15) is 18.0 Å². The van der Waals surface area contributed by atoms with Crippen molar-refractivity contribution in [2.75, 3.05) is 5.32 Å². The highest BCUT2D eigenvalue weighted by Crippen LogP contribution is 2.26. The Morgan fingerprint density at radius 1 is 1.21 bits per heavy atom. The Balaban J connectivity index is 0.000000261. The summed E-state index contributed by atoms with van der Waals surface area (Å²) in [5.41, 5.74) is 4.64. The number of amidine groups is 1. The first-order valence-electron chi connectivity index (χ1n) is 8.25. The highest BCUT2D eigenvalue weighted by atomic mass is 32.2. The number of halogens is 3. The number of nitrogens with two attached hydrogens (primary N) is 1. The first-order chi connectivity index (χ1) is 13.1. The summed E-state index contributed by atoms with van der Waals surface area (Å²) in [6.45, 7) is 4.28. The molecule has 0 aromatic carbocycles. The van der Waals surface area contributed by atoms with Crippen molar-refractivity contribution < 1.29 is 18.0 Å². The minimum Gasteiger partial charge on any atom is -0.379 e. The second-order valence-electron chi connectivity index (χ2n) is 5.96. The summed E-state index contributed by atoms with van der Waals surface area (Å²) in [4.78, 5) is 26.2. The molecule has 150 valence electrons. The molecule has 0 saturated carbocycles. The molecule has 0 saturated heterocycles. The van der Waals surface area contributed by atoms with E-state index in [-0.39, 0.29) is 5.69 Å². The van der Waals surface area contributed by atoms with Gasteiger partial charge in [-0.05, 0) is 25.5 Å². The molecule has 3 heterocycles. The summed E-state index contributed by atoms with van der Waals surface area (Å²) < 4.78 is 36.8. The minimum atomic E-state index is -4.58. The van der Waals surface area contributed by atoms with E-state index < -0.39 is 17.8 Å². The lowest BCUT2D eigenvalue weighted by Crippen LogP contribution is -2.22. The van der Waals surface area contributed by atoms with Crippen molar-refractivity contribution in [1.29, 1.82) is 0 Å². The van der Waals surface area contributed by atoms with Crippen molar-refractivity contribution in [2.45, 2.75) is 37.7 Å². The van der Waals surface area contributed by atoms with Crippen molar-refractivity contribution in [3.05, 3.63) is 48.3 Å². The SMILES string of the molecule is CC1CC(C)SC(N)=N1.O=C(Nc1ccncc1)c1cnc(C(F)(F)F)cn1. The van der Waals surface area contributed by atoms with E-state index in [0.29, 0.717) is 23.2 Å². The predicted octanol–water partition coefficient (Wildman–Crippen LogP) is 3.36. The number of carbonyl (C=O) groups is 1. The Morgan fingerprint density at radius 2 is 1.89 bits per heavy atom. The number of nitrogens with one attached hydrogen (secondary N) is 1. The van der Waals surface area contributed by atoms with Gasteiger partial charge in [-0.1, -0.05) is 18.7 Å². The van der Waals surface area contributed by atoms with E-state index in [1.807, 2.05) is 0 Å². The summed E-state index contributed by atoms with van der Waals surface area (Å²) in [5.74, 6) is -0.646. The Kier molecular flexibility index (Phi) is 7.32. The molecule has 0 radical (unpaired) electrons.